The number of likely N-dealkylation sites (tertiary alicyclic amines) is 1. The fraction of sp³-hybridized carbons (Fsp3) is 0.391. The van der Waals surface area contributed by atoms with Crippen LogP contribution in [0, 0.1) is 5.41 Å². The summed E-state index contributed by atoms with van der Waals surface area (Å²) in [6, 6.07) is 18.4. The number of hydrogen-bond acceptors (Lipinski definition) is 6. The van der Waals surface area contributed by atoms with Gasteiger partial charge < -0.3 is 14.0 Å². The van der Waals surface area contributed by atoms with E-state index >= 15 is 0 Å². The van der Waals surface area contributed by atoms with Crippen molar-refractivity contribution in [3.63, 3.8) is 0 Å². The van der Waals surface area contributed by atoms with E-state index < -0.39 is 0 Å². The Balaban J connectivity index is 1.42. The molecule has 0 radical (unpaired) electrons. The van der Waals surface area contributed by atoms with Crippen LogP contribution in [0.15, 0.2) is 59.1 Å². The van der Waals surface area contributed by atoms with Crippen molar-refractivity contribution in [3.8, 4) is 17.1 Å². The van der Waals surface area contributed by atoms with Gasteiger partial charge in [-0.3, -0.25) is 4.90 Å². The maximum absolute atomic E-state index is 5.82. The number of ether oxygens (including phenoxy) is 2. The lowest BCUT2D eigenvalue weighted by molar-refractivity contribution is 0.138. The number of hydrogen-bond donors (Lipinski definition) is 0. The highest BCUT2D eigenvalue weighted by Crippen LogP contribution is 2.48. The summed E-state index contributed by atoms with van der Waals surface area (Å²) >= 11 is 0. The number of para-hydroxylation sites is 1. The molecular formula is C23H25N3O3. The van der Waals surface area contributed by atoms with Gasteiger partial charge in [-0.05, 0) is 24.1 Å². The molecule has 2 saturated heterocycles. The van der Waals surface area contributed by atoms with Crippen molar-refractivity contribution in [3.05, 3.63) is 66.1 Å². The number of methoxy groups -OCH3 is 1. The number of rotatable bonds is 5. The molecule has 2 aliphatic heterocycles. The topological polar surface area (TPSA) is 60.6 Å². The van der Waals surface area contributed by atoms with Crippen LogP contribution in [0.1, 0.15) is 23.8 Å². The zero-order chi connectivity index (χ0) is 19.7. The summed E-state index contributed by atoms with van der Waals surface area (Å²) in [6.07, 6.45) is 1.02. The molecule has 2 aliphatic rings. The standard InChI is InChI=1S/C23H25N3O3/c1-27-20-10-6-5-9-18(20)21-24-22(29-25-21)19-14-26(13-17-7-3-2-4-8-17)15-23(19)11-12-28-16-23/h2-10,19H,11-16H2,1H3. The Morgan fingerprint density at radius 3 is 2.76 bits per heavy atom. The normalized spacial score (nSPS) is 24.4. The molecule has 0 saturated carbocycles. The second kappa shape index (κ2) is 7.61. The van der Waals surface area contributed by atoms with E-state index in [0.717, 1.165) is 50.6 Å². The van der Waals surface area contributed by atoms with Crippen LogP contribution in [0.5, 0.6) is 5.75 Å². The molecule has 3 heterocycles. The Morgan fingerprint density at radius 1 is 1.14 bits per heavy atom. The molecule has 2 fully saturated rings. The van der Waals surface area contributed by atoms with Gasteiger partial charge in [0.2, 0.25) is 11.7 Å². The summed E-state index contributed by atoms with van der Waals surface area (Å²) in [5.74, 6) is 2.19. The van der Waals surface area contributed by atoms with Gasteiger partial charge in [0.1, 0.15) is 5.75 Å². The van der Waals surface area contributed by atoms with Crippen LogP contribution < -0.4 is 4.74 Å². The van der Waals surface area contributed by atoms with Crippen LogP contribution in [0.4, 0.5) is 0 Å². The highest BCUT2D eigenvalue weighted by molar-refractivity contribution is 5.63. The molecule has 150 valence electrons. The molecule has 29 heavy (non-hydrogen) atoms. The van der Waals surface area contributed by atoms with E-state index in [9.17, 15) is 0 Å². The molecule has 2 aromatic carbocycles. The lowest BCUT2D eigenvalue weighted by Gasteiger charge is -2.25. The van der Waals surface area contributed by atoms with Crippen molar-refractivity contribution in [1.82, 2.24) is 15.0 Å². The summed E-state index contributed by atoms with van der Waals surface area (Å²) < 4.78 is 17.1. The third-order valence-corrected chi connectivity index (χ3v) is 6.19. The first-order valence-corrected chi connectivity index (χ1v) is 10.1. The molecule has 2 unspecified atom stereocenters. The van der Waals surface area contributed by atoms with Gasteiger partial charge in [-0.2, -0.15) is 4.98 Å². The average Bonchev–Trinajstić information content (AvgIpc) is 3.50. The van der Waals surface area contributed by atoms with Crippen molar-refractivity contribution < 1.29 is 14.0 Å². The lowest BCUT2D eigenvalue weighted by atomic mass is 9.77. The molecule has 2 atom stereocenters. The van der Waals surface area contributed by atoms with E-state index in [1.807, 2.05) is 24.3 Å². The van der Waals surface area contributed by atoms with Gasteiger partial charge in [0.05, 0.1) is 25.2 Å². The van der Waals surface area contributed by atoms with Crippen LogP contribution in [0.2, 0.25) is 0 Å². The summed E-state index contributed by atoms with van der Waals surface area (Å²) in [5.41, 5.74) is 2.21. The Bertz CT molecular complexity index is 966. The van der Waals surface area contributed by atoms with Gasteiger partial charge >= 0.3 is 0 Å². The molecular weight excluding hydrogens is 366 g/mol. The van der Waals surface area contributed by atoms with E-state index in [-0.39, 0.29) is 11.3 Å². The van der Waals surface area contributed by atoms with E-state index in [1.165, 1.54) is 5.56 Å². The fourth-order valence-corrected chi connectivity index (χ4v) is 4.71. The zero-order valence-electron chi connectivity index (χ0n) is 16.6. The molecule has 0 aliphatic carbocycles. The number of benzene rings is 2. The molecule has 0 N–H and O–H groups in total. The Morgan fingerprint density at radius 2 is 1.97 bits per heavy atom. The van der Waals surface area contributed by atoms with Gasteiger partial charge in [-0.1, -0.05) is 47.6 Å². The largest absolute Gasteiger partial charge is 0.496 e. The third kappa shape index (κ3) is 3.43. The summed E-state index contributed by atoms with van der Waals surface area (Å²) in [4.78, 5) is 7.28. The quantitative estimate of drug-likeness (QED) is 0.660. The summed E-state index contributed by atoms with van der Waals surface area (Å²) in [7, 11) is 1.66. The Labute approximate surface area is 170 Å². The van der Waals surface area contributed by atoms with Crippen molar-refractivity contribution >= 4 is 0 Å². The van der Waals surface area contributed by atoms with E-state index in [1.54, 1.807) is 7.11 Å². The second-order valence-electron chi connectivity index (χ2n) is 8.03. The van der Waals surface area contributed by atoms with Crippen molar-refractivity contribution in [2.24, 2.45) is 5.41 Å². The summed E-state index contributed by atoms with van der Waals surface area (Å²) in [6.45, 7) is 4.34. The van der Waals surface area contributed by atoms with Gasteiger partial charge in [0, 0.05) is 31.7 Å². The van der Waals surface area contributed by atoms with E-state index in [0.29, 0.717) is 11.7 Å². The molecule has 0 amide bonds. The number of aromatic nitrogens is 2. The van der Waals surface area contributed by atoms with Crippen molar-refractivity contribution in [2.45, 2.75) is 18.9 Å². The van der Waals surface area contributed by atoms with Crippen LogP contribution in [-0.2, 0) is 11.3 Å². The molecule has 3 aromatic rings. The molecule has 1 spiro atoms. The first-order valence-electron chi connectivity index (χ1n) is 10.1. The first kappa shape index (κ1) is 18.3. The molecule has 6 heteroatoms. The lowest BCUT2D eigenvalue weighted by Crippen LogP contribution is -2.30. The predicted molar refractivity (Wildman–Crippen MR) is 109 cm³/mol. The first-order chi connectivity index (χ1) is 14.3. The number of nitrogens with zero attached hydrogens (tertiary/aromatic N) is 3. The van der Waals surface area contributed by atoms with Crippen LogP contribution in [0.3, 0.4) is 0 Å². The van der Waals surface area contributed by atoms with Crippen LogP contribution in [0.25, 0.3) is 11.4 Å². The maximum atomic E-state index is 5.82. The Hall–Kier alpha value is -2.70. The highest BCUT2D eigenvalue weighted by Gasteiger charge is 2.51. The highest BCUT2D eigenvalue weighted by atomic mass is 16.5. The zero-order valence-corrected chi connectivity index (χ0v) is 16.6. The van der Waals surface area contributed by atoms with Gasteiger partial charge in [-0.25, -0.2) is 0 Å². The van der Waals surface area contributed by atoms with Crippen molar-refractivity contribution in [2.75, 3.05) is 33.4 Å². The van der Waals surface area contributed by atoms with Gasteiger partial charge in [0.15, 0.2) is 0 Å². The minimum Gasteiger partial charge on any atom is -0.496 e. The average molecular weight is 391 g/mol. The fourth-order valence-electron chi connectivity index (χ4n) is 4.71. The second-order valence-corrected chi connectivity index (χ2v) is 8.03. The van der Waals surface area contributed by atoms with Crippen LogP contribution in [-0.4, -0.2) is 48.5 Å². The van der Waals surface area contributed by atoms with Crippen LogP contribution >= 0.6 is 0 Å². The maximum Gasteiger partial charge on any atom is 0.232 e. The predicted octanol–water partition coefficient (Wildman–Crippen LogP) is 3.75. The smallest absolute Gasteiger partial charge is 0.232 e. The minimum absolute atomic E-state index is 0.0410. The molecule has 1 aromatic heterocycles. The SMILES string of the molecule is COc1ccccc1-c1noc(C2CN(Cc3ccccc3)CC23CCOC3)n1. The monoisotopic (exact) mass is 391 g/mol. The molecule has 6 nitrogen and oxygen atoms in total. The third-order valence-electron chi connectivity index (χ3n) is 6.19. The molecule has 5 rings (SSSR count). The Kier molecular flexibility index (Phi) is 4.81. The van der Waals surface area contributed by atoms with E-state index in [4.69, 9.17) is 19.0 Å². The summed E-state index contributed by atoms with van der Waals surface area (Å²) in [5, 5.41) is 4.28. The van der Waals surface area contributed by atoms with E-state index in [2.05, 4.69) is 40.4 Å². The van der Waals surface area contributed by atoms with Gasteiger partial charge in [-0.15, -0.1) is 0 Å². The molecule has 0 bridgehead atoms. The minimum atomic E-state index is 0.0410. The van der Waals surface area contributed by atoms with Gasteiger partial charge in [0.25, 0.3) is 0 Å². The van der Waals surface area contributed by atoms with Crippen molar-refractivity contribution in [1.29, 1.82) is 0 Å².